The van der Waals surface area contributed by atoms with E-state index in [-0.39, 0.29) is 0 Å². The number of hydrogen-bond acceptors (Lipinski definition) is 2. The number of guanidine groups is 1. The van der Waals surface area contributed by atoms with E-state index in [0.29, 0.717) is 18.4 Å². The van der Waals surface area contributed by atoms with Gasteiger partial charge in [0.1, 0.15) is 0 Å². The first-order valence-electron chi connectivity index (χ1n) is 7.58. The summed E-state index contributed by atoms with van der Waals surface area (Å²) in [7, 11) is 0. The van der Waals surface area contributed by atoms with E-state index in [0.717, 1.165) is 17.9 Å². The quantitative estimate of drug-likeness (QED) is 0.659. The Kier molecular flexibility index (Phi) is 5.20. The molecule has 0 bridgehead atoms. The molecule has 1 heterocycles. The molecule has 0 spiro atoms. The minimum absolute atomic E-state index is 0.371. The molecule has 1 unspecified atom stereocenters. The van der Waals surface area contributed by atoms with Crippen LogP contribution in [0.4, 0.5) is 5.69 Å². The van der Waals surface area contributed by atoms with Gasteiger partial charge < -0.3 is 11.1 Å². The lowest BCUT2D eigenvalue weighted by Gasteiger charge is -2.12. The van der Waals surface area contributed by atoms with Gasteiger partial charge in [-0.3, -0.25) is 9.67 Å². The van der Waals surface area contributed by atoms with E-state index < -0.39 is 0 Å². The Morgan fingerprint density at radius 2 is 2.09 bits per heavy atom. The van der Waals surface area contributed by atoms with Crippen molar-refractivity contribution in [1.29, 1.82) is 0 Å². The number of aryl methyl sites for hydroxylation is 3. The van der Waals surface area contributed by atoms with E-state index in [1.54, 1.807) is 0 Å². The van der Waals surface area contributed by atoms with Crippen molar-refractivity contribution in [3.05, 3.63) is 47.3 Å². The minimum atomic E-state index is 0.371. The van der Waals surface area contributed by atoms with Crippen LogP contribution < -0.4 is 11.1 Å². The van der Waals surface area contributed by atoms with Crippen molar-refractivity contribution < 1.29 is 0 Å². The van der Waals surface area contributed by atoms with Gasteiger partial charge in [0, 0.05) is 24.5 Å². The number of rotatable bonds is 5. The molecule has 1 aromatic heterocycles. The summed E-state index contributed by atoms with van der Waals surface area (Å²) in [4.78, 5) is 4.42. The van der Waals surface area contributed by atoms with E-state index in [1.165, 1.54) is 11.3 Å². The third-order valence-corrected chi connectivity index (χ3v) is 3.45. The van der Waals surface area contributed by atoms with Gasteiger partial charge in [0.25, 0.3) is 0 Å². The maximum absolute atomic E-state index is 5.95. The molecule has 0 amide bonds. The Bertz CT molecular complexity index is 657. The Hall–Kier alpha value is -2.30. The number of nitrogens with one attached hydrogen (secondary N) is 1. The van der Waals surface area contributed by atoms with E-state index in [1.807, 2.05) is 29.8 Å². The monoisotopic (exact) mass is 299 g/mol. The van der Waals surface area contributed by atoms with E-state index in [2.05, 4.69) is 48.3 Å². The average Bonchev–Trinajstić information content (AvgIpc) is 2.74. The third-order valence-electron chi connectivity index (χ3n) is 3.45. The molecule has 2 aromatic rings. The van der Waals surface area contributed by atoms with Crippen LogP contribution in [0.3, 0.4) is 0 Å². The number of anilines is 1. The molecule has 0 aliphatic carbocycles. The maximum atomic E-state index is 5.95. The first kappa shape index (κ1) is 16.1. The van der Waals surface area contributed by atoms with Crippen molar-refractivity contribution in [2.24, 2.45) is 16.6 Å². The highest BCUT2D eigenvalue weighted by molar-refractivity contribution is 5.92. The molecule has 0 saturated carbocycles. The van der Waals surface area contributed by atoms with Gasteiger partial charge in [-0.05, 0) is 50.5 Å². The SMILES string of the molecule is Cc1cccc(NC(N)=NCC(C)Cn2nc(C)cc2C)c1. The molecule has 2 rings (SSSR count). The number of nitrogens with zero attached hydrogens (tertiary/aromatic N) is 3. The van der Waals surface area contributed by atoms with Gasteiger partial charge in [0.15, 0.2) is 5.96 Å². The highest BCUT2D eigenvalue weighted by Gasteiger charge is 2.07. The Labute approximate surface area is 132 Å². The van der Waals surface area contributed by atoms with E-state index >= 15 is 0 Å². The molecule has 22 heavy (non-hydrogen) atoms. The van der Waals surface area contributed by atoms with Crippen LogP contribution in [0.25, 0.3) is 0 Å². The van der Waals surface area contributed by atoms with Crippen molar-refractivity contribution in [2.75, 3.05) is 11.9 Å². The Morgan fingerprint density at radius 1 is 1.32 bits per heavy atom. The van der Waals surface area contributed by atoms with Crippen molar-refractivity contribution in [1.82, 2.24) is 9.78 Å². The minimum Gasteiger partial charge on any atom is -0.370 e. The molecule has 1 atom stereocenters. The molecule has 0 aliphatic heterocycles. The van der Waals surface area contributed by atoms with Crippen LogP contribution >= 0.6 is 0 Å². The fourth-order valence-corrected chi connectivity index (χ4v) is 2.38. The molecule has 118 valence electrons. The standard InChI is InChI=1S/C17H25N5/c1-12-6-5-7-16(8-12)20-17(18)19-10-13(2)11-22-15(4)9-14(3)21-22/h5-9,13H,10-11H2,1-4H3,(H3,18,19,20). The third kappa shape index (κ3) is 4.62. The molecule has 1 aromatic carbocycles. The average molecular weight is 299 g/mol. The second-order valence-electron chi connectivity index (χ2n) is 5.93. The fraction of sp³-hybridized carbons (Fsp3) is 0.412. The second kappa shape index (κ2) is 7.11. The van der Waals surface area contributed by atoms with Gasteiger partial charge in [-0.2, -0.15) is 5.10 Å². The van der Waals surface area contributed by atoms with Crippen LogP contribution in [0.5, 0.6) is 0 Å². The zero-order valence-electron chi connectivity index (χ0n) is 13.8. The lowest BCUT2D eigenvalue weighted by molar-refractivity contribution is 0.450. The predicted octanol–water partition coefficient (Wildman–Crippen LogP) is 2.87. The normalized spacial score (nSPS) is 13.2. The summed E-state index contributed by atoms with van der Waals surface area (Å²) in [5.74, 6) is 0.821. The first-order valence-corrected chi connectivity index (χ1v) is 7.58. The number of hydrogen-bond donors (Lipinski definition) is 2. The van der Waals surface area contributed by atoms with E-state index in [4.69, 9.17) is 5.73 Å². The number of benzene rings is 1. The molecule has 0 radical (unpaired) electrons. The molecule has 0 fully saturated rings. The second-order valence-corrected chi connectivity index (χ2v) is 5.93. The summed E-state index contributed by atoms with van der Waals surface area (Å²) in [6.45, 7) is 9.80. The van der Waals surface area contributed by atoms with Crippen molar-refractivity contribution in [3.63, 3.8) is 0 Å². The molecule has 3 N–H and O–H groups in total. The van der Waals surface area contributed by atoms with Crippen molar-refractivity contribution in [3.8, 4) is 0 Å². The van der Waals surface area contributed by atoms with Crippen LogP contribution in [-0.2, 0) is 6.54 Å². The summed E-state index contributed by atoms with van der Waals surface area (Å²) in [5, 5.41) is 7.60. The van der Waals surface area contributed by atoms with Crippen LogP contribution in [0, 0.1) is 26.7 Å². The van der Waals surface area contributed by atoms with Gasteiger partial charge in [-0.15, -0.1) is 0 Å². The summed E-state index contributed by atoms with van der Waals surface area (Å²) < 4.78 is 2.03. The highest BCUT2D eigenvalue weighted by Crippen LogP contribution is 2.09. The van der Waals surface area contributed by atoms with Crippen molar-refractivity contribution in [2.45, 2.75) is 34.2 Å². The number of aromatic nitrogens is 2. The zero-order valence-corrected chi connectivity index (χ0v) is 13.8. The summed E-state index contributed by atoms with van der Waals surface area (Å²) >= 11 is 0. The van der Waals surface area contributed by atoms with Crippen LogP contribution in [0.1, 0.15) is 23.9 Å². The van der Waals surface area contributed by atoms with Gasteiger partial charge in [-0.1, -0.05) is 19.1 Å². The van der Waals surface area contributed by atoms with E-state index in [9.17, 15) is 0 Å². The fourth-order valence-electron chi connectivity index (χ4n) is 2.38. The summed E-state index contributed by atoms with van der Waals surface area (Å²) in [6, 6.07) is 10.2. The lowest BCUT2D eigenvalue weighted by Crippen LogP contribution is -2.24. The van der Waals surface area contributed by atoms with Crippen molar-refractivity contribution >= 4 is 11.6 Å². The summed E-state index contributed by atoms with van der Waals surface area (Å²) in [5.41, 5.74) is 10.3. The molecule has 0 aliphatic rings. The van der Waals surface area contributed by atoms with Crippen LogP contribution in [-0.4, -0.2) is 22.3 Å². The predicted molar refractivity (Wildman–Crippen MR) is 92.2 cm³/mol. The Morgan fingerprint density at radius 3 is 2.73 bits per heavy atom. The smallest absolute Gasteiger partial charge is 0.193 e. The first-order chi connectivity index (χ1) is 10.4. The van der Waals surface area contributed by atoms with Crippen LogP contribution in [0.15, 0.2) is 35.3 Å². The van der Waals surface area contributed by atoms with Crippen LogP contribution in [0.2, 0.25) is 0 Å². The number of nitrogens with two attached hydrogens (primary N) is 1. The number of aliphatic imine (C=N–C) groups is 1. The summed E-state index contributed by atoms with van der Waals surface area (Å²) in [6.07, 6.45) is 0. The topological polar surface area (TPSA) is 68.2 Å². The molecular weight excluding hydrogens is 274 g/mol. The molecular formula is C17H25N5. The lowest BCUT2D eigenvalue weighted by atomic mass is 10.2. The highest BCUT2D eigenvalue weighted by atomic mass is 15.3. The largest absolute Gasteiger partial charge is 0.370 e. The van der Waals surface area contributed by atoms with Gasteiger partial charge in [0.05, 0.1) is 5.69 Å². The molecule has 0 saturated heterocycles. The molecule has 5 heteroatoms. The van der Waals surface area contributed by atoms with Gasteiger partial charge in [-0.25, -0.2) is 0 Å². The van der Waals surface area contributed by atoms with Gasteiger partial charge in [0.2, 0.25) is 0 Å². The maximum Gasteiger partial charge on any atom is 0.193 e. The Balaban J connectivity index is 1.88. The zero-order chi connectivity index (χ0) is 16.1. The van der Waals surface area contributed by atoms with Gasteiger partial charge >= 0.3 is 0 Å². The molecule has 5 nitrogen and oxygen atoms in total.